The van der Waals surface area contributed by atoms with Crippen molar-refractivity contribution in [2.24, 2.45) is 0 Å². The summed E-state index contributed by atoms with van der Waals surface area (Å²) in [7, 11) is -3.87. The van der Waals surface area contributed by atoms with Gasteiger partial charge in [-0.15, -0.1) is 0 Å². The second-order valence-electron chi connectivity index (χ2n) is 5.01. The lowest BCUT2D eigenvalue weighted by atomic mass is 10.1. The average Bonchev–Trinajstić information content (AvgIpc) is 2.56. The maximum Gasteiger partial charge on any atom is 0.280 e. The summed E-state index contributed by atoms with van der Waals surface area (Å²) in [5.74, 6) is 0. The molecule has 0 aromatic heterocycles. The number of nitro groups is 2. The highest BCUT2D eigenvalue weighted by Gasteiger charge is 2.33. The Kier molecular flexibility index (Phi) is 4.93. The summed E-state index contributed by atoms with van der Waals surface area (Å²) >= 11 is 0. The molecule has 0 N–H and O–H groups in total. The Morgan fingerprint density at radius 3 is 2.12 bits per heavy atom. The zero-order chi connectivity index (χ0) is 17.9. The maximum atomic E-state index is 12.8. The highest BCUT2D eigenvalue weighted by Crippen LogP contribution is 2.38. The molecule has 0 saturated carbocycles. The van der Waals surface area contributed by atoms with Gasteiger partial charge in [-0.3, -0.25) is 20.2 Å². The number of hydrogen-bond donors (Lipinski definition) is 0. The van der Waals surface area contributed by atoms with E-state index in [4.69, 9.17) is 0 Å². The van der Waals surface area contributed by atoms with E-state index in [0.29, 0.717) is 0 Å². The van der Waals surface area contributed by atoms with E-state index in [1.807, 2.05) is 0 Å². The number of nitrogens with zero attached hydrogens (tertiary/aromatic N) is 2. The molecule has 2 aromatic carbocycles. The largest absolute Gasteiger partial charge is 0.280 e. The van der Waals surface area contributed by atoms with Crippen LogP contribution in [0.1, 0.15) is 24.2 Å². The van der Waals surface area contributed by atoms with Crippen molar-refractivity contribution in [1.29, 1.82) is 0 Å². The van der Waals surface area contributed by atoms with Gasteiger partial charge >= 0.3 is 0 Å². The lowest BCUT2D eigenvalue weighted by molar-refractivity contribution is -0.394. The van der Waals surface area contributed by atoms with E-state index in [1.165, 1.54) is 12.1 Å². The third-order valence-electron chi connectivity index (χ3n) is 3.59. The first kappa shape index (κ1) is 17.5. The molecule has 9 heteroatoms. The predicted octanol–water partition coefficient (Wildman–Crippen LogP) is 3.43. The van der Waals surface area contributed by atoms with Gasteiger partial charge in [0, 0.05) is 11.6 Å². The molecule has 1 unspecified atom stereocenters. The van der Waals surface area contributed by atoms with E-state index in [1.54, 1.807) is 25.1 Å². The first-order valence-corrected chi connectivity index (χ1v) is 8.55. The van der Waals surface area contributed by atoms with Crippen LogP contribution in [0, 0.1) is 20.2 Å². The van der Waals surface area contributed by atoms with Gasteiger partial charge in [0.2, 0.25) is 0 Å². The number of sulfone groups is 1. The molecule has 0 aliphatic rings. The first-order chi connectivity index (χ1) is 11.3. The molecule has 8 nitrogen and oxygen atoms in total. The molecule has 2 aromatic rings. The SMILES string of the molecule is CCC(c1ccc([N+](=O)[O-])cc1[N+](=O)[O-])S(=O)(=O)c1ccccc1. The molecule has 0 fully saturated rings. The topological polar surface area (TPSA) is 120 Å². The van der Waals surface area contributed by atoms with Gasteiger partial charge in [-0.25, -0.2) is 8.42 Å². The van der Waals surface area contributed by atoms with Crippen molar-refractivity contribution in [3.05, 3.63) is 74.3 Å². The van der Waals surface area contributed by atoms with Crippen molar-refractivity contribution in [3.63, 3.8) is 0 Å². The van der Waals surface area contributed by atoms with E-state index in [0.717, 1.165) is 18.2 Å². The Balaban J connectivity index is 2.63. The van der Waals surface area contributed by atoms with Crippen LogP contribution < -0.4 is 0 Å². The number of nitro benzene ring substituents is 2. The lowest BCUT2D eigenvalue weighted by Crippen LogP contribution is -2.15. The summed E-state index contributed by atoms with van der Waals surface area (Å²) < 4.78 is 25.6. The van der Waals surface area contributed by atoms with Gasteiger partial charge in [0.1, 0.15) is 0 Å². The second-order valence-corrected chi connectivity index (χ2v) is 7.14. The Morgan fingerprint density at radius 2 is 1.62 bits per heavy atom. The lowest BCUT2D eigenvalue weighted by Gasteiger charge is -2.16. The number of rotatable bonds is 6. The predicted molar refractivity (Wildman–Crippen MR) is 86.4 cm³/mol. The maximum absolute atomic E-state index is 12.8. The zero-order valence-electron chi connectivity index (χ0n) is 12.7. The normalized spacial score (nSPS) is 12.5. The highest BCUT2D eigenvalue weighted by atomic mass is 32.2. The number of benzene rings is 2. The molecule has 0 amide bonds. The Morgan fingerprint density at radius 1 is 1.00 bits per heavy atom. The summed E-state index contributed by atoms with van der Waals surface area (Å²) in [6.45, 7) is 1.59. The molecule has 0 radical (unpaired) electrons. The van der Waals surface area contributed by atoms with Crippen LogP contribution in [0.2, 0.25) is 0 Å². The Bertz CT molecular complexity index is 880. The monoisotopic (exact) mass is 350 g/mol. The molecule has 0 aliphatic heterocycles. The van der Waals surface area contributed by atoms with Crippen molar-refractivity contribution in [3.8, 4) is 0 Å². The van der Waals surface area contributed by atoms with Crippen LogP contribution in [-0.4, -0.2) is 18.3 Å². The van der Waals surface area contributed by atoms with Gasteiger partial charge < -0.3 is 0 Å². The Labute approximate surface area is 138 Å². The minimum absolute atomic E-state index is 0.0458. The third-order valence-corrected chi connectivity index (χ3v) is 5.85. The third kappa shape index (κ3) is 3.25. The van der Waals surface area contributed by atoms with E-state index in [-0.39, 0.29) is 16.9 Å². The quantitative estimate of drug-likeness (QED) is 0.581. The molecule has 126 valence electrons. The van der Waals surface area contributed by atoms with Crippen LogP contribution in [-0.2, 0) is 9.84 Å². The first-order valence-electron chi connectivity index (χ1n) is 7.00. The molecule has 2 rings (SSSR count). The van der Waals surface area contributed by atoms with Crippen molar-refractivity contribution >= 4 is 21.2 Å². The van der Waals surface area contributed by atoms with Crippen molar-refractivity contribution in [2.45, 2.75) is 23.5 Å². The van der Waals surface area contributed by atoms with Crippen molar-refractivity contribution in [2.75, 3.05) is 0 Å². The van der Waals surface area contributed by atoms with Gasteiger partial charge in [0.05, 0.1) is 26.1 Å². The van der Waals surface area contributed by atoms with Gasteiger partial charge in [0.15, 0.2) is 9.84 Å². The van der Waals surface area contributed by atoms with Crippen molar-refractivity contribution < 1.29 is 18.3 Å². The molecule has 0 bridgehead atoms. The molecule has 0 heterocycles. The fourth-order valence-corrected chi connectivity index (χ4v) is 4.29. The summed E-state index contributed by atoms with van der Waals surface area (Å²) in [5.41, 5.74) is -1.09. The van der Waals surface area contributed by atoms with Crippen LogP contribution in [0.15, 0.2) is 53.4 Å². The summed E-state index contributed by atoms with van der Waals surface area (Å²) in [6, 6.07) is 10.6. The van der Waals surface area contributed by atoms with E-state index in [9.17, 15) is 28.6 Å². The van der Waals surface area contributed by atoms with Crippen LogP contribution in [0.5, 0.6) is 0 Å². The van der Waals surface area contributed by atoms with E-state index in [2.05, 4.69) is 0 Å². The minimum Gasteiger partial charge on any atom is -0.258 e. The fraction of sp³-hybridized carbons (Fsp3) is 0.200. The number of hydrogen-bond acceptors (Lipinski definition) is 6. The van der Waals surface area contributed by atoms with Gasteiger partial charge in [-0.1, -0.05) is 25.1 Å². The average molecular weight is 350 g/mol. The molecule has 0 aliphatic carbocycles. The van der Waals surface area contributed by atoms with Crippen LogP contribution >= 0.6 is 0 Å². The molecule has 0 spiro atoms. The zero-order valence-corrected chi connectivity index (χ0v) is 13.5. The van der Waals surface area contributed by atoms with Gasteiger partial charge in [-0.2, -0.15) is 0 Å². The molecular weight excluding hydrogens is 336 g/mol. The van der Waals surface area contributed by atoms with Crippen LogP contribution in [0.25, 0.3) is 0 Å². The van der Waals surface area contributed by atoms with Crippen LogP contribution in [0.4, 0.5) is 11.4 Å². The summed E-state index contributed by atoms with van der Waals surface area (Å²) in [4.78, 5) is 20.6. The smallest absolute Gasteiger partial charge is 0.258 e. The summed E-state index contributed by atoms with van der Waals surface area (Å²) in [6.07, 6.45) is 0.0931. The van der Waals surface area contributed by atoms with E-state index < -0.39 is 36.3 Å². The second kappa shape index (κ2) is 6.75. The number of non-ortho nitro benzene ring substituents is 1. The van der Waals surface area contributed by atoms with Gasteiger partial charge in [-0.05, 0) is 24.6 Å². The van der Waals surface area contributed by atoms with Gasteiger partial charge in [0.25, 0.3) is 11.4 Å². The Hall–Kier alpha value is -2.81. The summed E-state index contributed by atoms with van der Waals surface area (Å²) in [5, 5.41) is 20.9. The fourth-order valence-electron chi connectivity index (χ4n) is 2.46. The van der Waals surface area contributed by atoms with Crippen molar-refractivity contribution in [1.82, 2.24) is 0 Å². The van der Waals surface area contributed by atoms with Crippen LogP contribution in [0.3, 0.4) is 0 Å². The van der Waals surface area contributed by atoms with E-state index >= 15 is 0 Å². The molecule has 1 atom stereocenters. The molecule has 0 saturated heterocycles. The minimum atomic E-state index is -3.87. The standard InChI is InChI=1S/C15H14N2O6S/c1-2-15(24(22,23)12-6-4-3-5-7-12)13-9-8-11(16(18)19)10-14(13)17(20)21/h3-10,15H,2H2,1H3. The molecule has 24 heavy (non-hydrogen) atoms. The molecular formula is C15H14N2O6S. The highest BCUT2D eigenvalue weighted by molar-refractivity contribution is 7.91.